The maximum absolute atomic E-state index is 12.7. The first-order valence-corrected chi connectivity index (χ1v) is 10.6. The van der Waals surface area contributed by atoms with E-state index >= 15 is 0 Å². The Hall–Kier alpha value is -2.82. The van der Waals surface area contributed by atoms with E-state index in [0.717, 1.165) is 22.4 Å². The number of hydrogen-bond acceptors (Lipinski definition) is 7. The van der Waals surface area contributed by atoms with Crippen molar-refractivity contribution in [1.82, 2.24) is 19.2 Å². The Morgan fingerprint density at radius 1 is 1.10 bits per heavy atom. The van der Waals surface area contributed by atoms with Gasteiger partial charge in [0.2, 0.25) is 5.09 Å². The molecule has 0 saturated carbocycles. The van der Waals surface area contributed by atoms with Crippen LogP contribution >= 0.6 is 0 Å². The summed E-state index contributed by atoms with van der Waals surface area (Å²) in [4.78, 5) is 22.5. The summed E-state index contributed by atoms with van der Waals surface area (Å²) in [5.74, 6) is -0.261. The van der Waals surface area contributed by atoms with Crippen LogP contribution in [0.3, 0.4) is 0 Å². The van der Waals surface area contributed by atoms with Gasteiger partial charge < -0.3 is 10.2 Å². The van der Waals surface area contributed by atoms with Crippen LogP contribution in [-0.2, 0) is 16.6 Å². The first kappa shape index (κ1) is 19.5. The first-order valence-electron chi connectivity index (χ1n) is 9.19. The number of carbonyl (C=O) groups is 1. The average Bonchev–Trinajstić information content (AvgIpc) is 3.20. The van der Waals surface area contributed by atoms with Gasteiger partial charge in [-0.25, -0.2) is 18.4 Å². The lowest BCUT2D eigenvalue weighted by molar-refractivity contribution is 0.0968. The molecule has 1 aliphatic heterocycles. The quantitative estimate of drug-likeness (QED) is 0.663. The van der Waals surface area contributed by atoms with Gasteiger partial charge in [-0.15, -0.1) is 0 Å². The smallest absolute Gasteiger partial charge is 0.284 e. The van der Waals surface area contributed by atoms with Gasteiger partial charge in [0.25, 0.3) is 15.9 Å². The highest BCUT2D eigenvalue weighted by Gasteiger charge is 2.31. The van der Waals surface area contributed by atoms with Crippen LogP contribution in [-0.4, -0.2) is 59.7 Å². The fourth-order valence-corrected chi connectivity index (χ4v) is 4.75. The number of benzene rings is 1. The summed E-state index contributed by atoms with van der Waals surface area (Å²) in [5.41, 5.74) is 6.95. The Morgan fingerprint density at radius 3 is 2.52 bits per heavy atom. The number of nitrogens with two attached hydrogens (primary N) is 1. The number of hydrogen-bond donors (Lipinski definition) is 1. The molecule has 0 spiro atoms. The number of furan rings is 1. The predicted octanol–water partition coefficient (Wildman–Crippen LogP) is 1.14. The molecule has 3 heterocycles. The van der Waals surface area contributed by atoms with Gasteiger partial charge in [0, 0.05) is 37.3 Å². The molecule has 4 rings (SSSR count). The molecule has 10 heteroatoms. The second-order valence-corrected chi connectivity index (χ2v) is 8.77. The van der Waals surface area contributed by atoms with Gasteiger partial charge in [-0.2, -0.15) is 4.31 Å². The minimum Gasteiger partial charge on any atom is -0.438 e. The van der Waals surface area contributed by atoms with Gasteiger partial charge in [-0.05, 0) is 25.1 Å². The van der Waals surface area contributed by atoms with E-state index in [0.29, 0.717) is 32.7 Å². The topological polar surface area (TPSA) is 123 Å². The zero-order chi connectivity index (χ0) is 20.6. The fraction of sp³-hybridized carbons (Fsp3) is 0.316. The van der Waals surface area contributed by atoms with E-state index in [1.807, 2.05) is 31.2 Å². The molecule has 9 nitrogen and oxygen atoms in total. The normalized spacial score (nSPS) is 16.3. The number of aromatic nitrogens is 2. The summed E-state index contributed by atoms with van der Waals surface area (Å²) in [6.07, 6.45) is 0. The maximum Gasteiger partial charge on any atom is 0.284 e. The number of carbonyl (C=O) groups excluding carboxylic acids is 1. The summed E-state index contributed by atoms with van der Waals surface area (Å²) in [5, 5.41) is 0.758. The zero-order valence-corrected chi connectivity index (χ0v) is 16.7. The molecule has 152 valence electrons. The number of aryl methyl sites for hydroxylation is 1. The Morgan fingerprint density at radius 2 is 1.83 bits per heavy atom. The summed E-state index contributed by atoms with van der Waals surface area (Å²) in [7, 11) is -3.81. The highest BCUT2D eigenvalue weighted by molar-refractivity contribution is 7.89. The SMILES string of the molecule is Cc1nc(CN2CCN(S(=O)(=O)c3ccc(C(N)=O)o3)CC2)nc2ccccc12. The molecule has 1 fully saturated rings. The minimum atomic E-state index is -3.81. The monoisotopic (exact) mass is 415 g/mol. The van der Waals surface area contributed by atoms with Crippen LogP contribution in [0.1, 0.15) is 22.1 Å². The lowest BCUT2D eigenvalue weighted by atomic mass is 10.2. The van der Waals surface area contributed by atoms with E-state index in [1.54, 1.807) is 0 Å². The molecule has 0 radical (unpaired) electrons. The van der Waals surface area contributed by atoms with Gasteiger partial charge in [-0.3, -0.25) is 9.69 Å². The number of nitrogens with zero attached hydrogens (tertiary/aromatic N) is 4. The third-order valence-electron chi connectivity index (χ3n) is 4.95. The van der Waals surface area contributed by atoms with Crippen LogP contribution < -0.4 is 5.73 Å². The Labute approximate surface area is 168 Å². The molecule has 1 saturated heterocycles. The van der Waals surface area contributed by atoms with Gasteiger partial charge in [0.15, 0.2) is 5.76 Å². The molecule has 2 aromatic heterocycles. The largest absolute Gasteiger partial charge is 0.438 e. The van der Waals surface area contributed by atoms with Crippen LogP contribution in [0.4, 0.5) is 0 Å². The van der Waals surface area contributed by atoms with Crippen molar-refractivity contribution in [3.8, 4) is 0 Å². The molecule has 29 heavy (non-hydrogen) atoms. The lowest BCUT2D eigenvalue weighted by Gasteiger charge is -2.33. The van der Waals surface area contributed by atoms with Crippen LogP contribution in [0, 0.1) is 6.92 Å². The van der Waals surface area contributed by atoms with Crippen molar-refractivity contribution in [2.75, 3.05) is 26.2 Å². The van der Waals surface area contributed by atoms with Gasteiger partial charge >= 0.3 is 0 Å². The summed E-state index contributed by atoms with van der Waals surface area (Å²) in [6, 6.07) is 10.4. The fourth-order valence-electron chi connectivity index (χ4n) is 3.41. The third-order valence-corrected chi connectivity index (χ3v) is 6.73. The second-order valence-electron chi connectivity index (χ2n) is 6.91. The third kappa shape index (κ3) is 3.86. The molecule has 1 aliphatic rings. The molecule has 0 bridgehead atoms. The van der Waals surface area contributed by atoms with Crippen molar-refractivity contribution in [3.63, 3.8) is 0 Å². The lowest BCUT2D eigenvalue weighted by Crippen LogP contribution is -2.48. The average molecular weight is 415 g/mol. The summed E-state index contributed by atoms with van der Waals surface area (Å²) in [6.45, 7) is 4.20. The van der Waals surface area contributed by atoms with Gasteiger partial charge in [0.05, 0.1) is 12.1 Å². The van der Waals surface area contributed by atoms with Crippen LogP contribution in [0.25, 0.3) is 10.9 Å². The molecule has 0 unspecified atom stereocenters. The van der Waals surface area contributed by atoms with E-state index in [1.165, 1.54) is 16.4 Å². The summed E-state index contributed by atoms with van der Waals surface area (Å²) < 4.78 is 31.9. The summed E-state index contributed by atoms with van der Waals surface area (Å²) >= 11 is 0. The molecule has 3 aromatic rings. The number of primary amides is 1. The van der Waals surface area contributed by atoms with Gasteiger partial charge in [-0.1, -0.05) is 18.2 Å². The van der Waals surface area contributed by atoms with Crippen LogP contribution in [0.2, 0.25) is 0 Å². The highest BCUT2D eigenvalue weighted by atomic mass is 32.2. The molecular formula is C19H21N5O4S. The van der Waals surface area contributed by atoms with Crippen LogP contribution in [0.5, 0.6) is 0 Å². The van der Waals surface area contributed by atoms with E-state index in [4.69, 9.17) is 10.2 Å². The number of rotatable bonds is 5. The van der Waals surface area contributed by atoms with E-state index in [9.17, 15) is 13.2 Å². The van der Waals surface area contributed by atoms with Crippen molar-refractivity contribution in [2.45, 2.75) is 18.6 Å². The minimum absolute atomic E-state index is 0.175. The van der Waals surface area contributed by atoms with Crippen LogP contribution in [0.15, 0.2) is 45.9 Å². The number of fused-ring (bicyclic) bond motifs is 1. The zero-order valence-electron chi connectivity index (χ0n) is 15.9. The van der Waals surface area contributed by atoms with Crippen molar-refractivity contribution >= 4 is 26.8 Å². The van der Waals surface area contributed by atoms with E-state index in [2.05, 4.69) is 14.9 Å². The molecule has 0 atom stereocenters. The Bertz CT molecular complexity index is 1170. The maximum atomic E-state index is 12.7. The highest BCUT2D eigenvalue weighted by Crippen LogP contribution is 2.21. The Kier molecular flexibility index (Phi) is 5.07. The number of piperazine rings is 1. The molecular weight excluding hydrogens is 394 g/mol. The molecule has 0 aliphatic carbocycles. The first-order chi connectivity index (χ1) is 13.8. The number of sulfonamides is 1. The van der Waals surface area contributed by atoms with Crippen molar-refractivity contribution < 1.29 is 17.6 Å². The Balaban J connectivity index is 1.43. The molecule has 1 aromatic carbocycles. The number of amides is 1. The van der Waals surface area contributed by atoms with E-state index in [-0.39, 0.29) is 10.9 Å². The van der Waals surface area contributed by atoms with E-state index < -0.39 is 15.9 Å². The van der Waals surface area contributed by atoms with Crippen molar-refractivity contribution in [2.24, 2.45) is 5.73 Å². The standard InChI is InChI=1S/C19H21N5O4S/c1-13-14-4-2-3-5-15(14)22-17(21-13)12-23-8-10-24(11-9-23)29(26,27)18-7-6-16(28-18)19(20)25/h2-7H,8-12H2,1H3,(H2,20,25). The second kappa shape index (κ2) is 7.54. The number of para-hydroxylation sites is 1. The predicted molar refractivity (Wildman–Crippen MR) is 106 cm³/mol. The van der Waals surface area contributed by atoms with Gasteiger partial charge in [0.1, 0.15) is 5.82 Å². The van der Waals surface area contributed by atoms with Crippen molar-refractivity contribution in [3.05, 3.63) is 53.7 Å². The molecule has 1 amide bonds. The molecule has 2 N–H and O–H groups in total. The van der Waals surface area contributed by atoms with Crippen molar-refractivity contribution in [1.29, 1.82) is 0 Å².